The third-order valence-electron chi connectivity index (χ3n) is 5.63. The van der Waals surface area contributed by atoms with Gasteiger partial charge >= 0.3 is 0 Å². The summed E-state index contributed by atoms with van der Waals surface area (Å²) in [4.78, 5) is 10.9. The largest absolute Gasteiger partial charge is 0.299 e. The molecule has 23 heavy (non-hydrogen) atoms. The summed E-state index contributed by atoms with van der Waals surface area (Å²) in [5.74, 6) is 1.97. The van der Waals surface area contributed by atoms with Crippen LogP contribution in [-0.2, 0) is 6.54 Å². The lowest BCUT2D eigenvalue weighted by Gasteiger charge is -2.41. The first-order valence-electron chi connectivity index (χ1n) is 8.95. The van der Waals surface area contributed by atoms with Crippen LogP contribution in [0.15, 0.2) is 43.0 Å². The van der Waals surface area contributed by atoms with Gasteiger partial charge in [-0.1, -0.05) is 43.5 Å². The second-order valence-corrected chi connectivity index (χ2v) is 7.15. The van der Waals surface area contributed by atoms with Crippen molar-refractivity contribution in [2.75, 3.05) is 13.1 Å². The Balaban J connectivity index is 1.39. The Hall–Kier alpha value is -1.74. The molecule has 2 aliphatic rings. The van der Waals surface area contributed by atoms with Crippen LogP contribution in [0.2, 0.25) is 0 Å². The molecule has 0 amide bonds. The minimum Gasteiger partial charge on any atom is -0.299 e. The predicted molar refractivity (Wildman–Crippen MR) is 92.8 cm³/mol. The van der Waals surface area contributed by atoms with Gasteiger partial charge < -0.3 is 0 Å². The van der Waals surface area contributed by atoms with E-state index in [2.05, 4.69) is 39.1 Å². The number of fused-ring (bicyclic) bond motifs is 1. The minimum atomic E-state index is 0.957. The van der Waals surface area contributed by atoms with Crippen LogP contribution in [0, 0.1) is 11.8 Å². The first kappa shape index (κ1) is 14.8. The van der Waals surface area contributed by atoms with Crippen LogP contribution in [0.25, 0.3) is 11.1 Å². The first-order chi connectivity index (χ1) is 11.4. The molecule has 1 aromatic heterocycles. The molecule has 1 saturated heterocycles. The summed E-state index contributed by atoms with van der Waals surface area (Å²) < 4.78 is 0. The average molecular weight is 307 g/mol. The molecule has 0 radical (unpaired) electrons. The van der Waals surface area contributed by atoms with Gasteiger partial charge in [0.2, 0.25) is 0 Å². The topological polar surface area (TPSA) is 29.0 Å². The van der Waals surface area contributed by atoms with Crippen LogP contribution in [0.5, 0.6) is 0 Å². The van der Waals surface area contributed by atoms with Crippen molar-refractivity contribution in [3.05, 3.63) is 48.5 Å². The molecule has 3 nitrogen and oxygen atoms in total. The Bertz CT molecular complexity index is 623. The molecule has 120 valence electrons. The Morgan fingerprint density at radius 2 is 1.61 bits per heavy atom. The highest BCUT2D eigenvalue weighted by Gasteiger charge is 2.30. The zero-order chi connectivity index (χ0) is 15.5. The number of aromatic nitrogens is 2. The van der Waals surface area contributed by atoms with Gasteiger partial charge in [0.25, 0.3) is 0 Å². The number of nitrogens with zero attached hydrogens (tertiary/aromatic N) is 3. The van der Waals surface area contributed by atoms with E-state index in [1.165, 1.54) is 56.3 Å². The Morgan fingerprint density at radius 1 is 0.870 bits per heavy atom. The Labute approximate surface area is 138 Å². The van der Waals surface area contributed by atoms with Gasteiger partial charge in [-0.15, -0.1) is 0 Å². The number of rotatable bonds is 3. The normalized spacial score (nSPS) is 25.0. The zero-order valence-corrected chi connectivity index (χ0v) is 13.7. The highest BCUT2D eigenvalue weighted by Crippen LogP contribution is 2.36. The van der Waals surface area contributed by atoms with Crippen molar-refractivity contribution >= 4 is 0 Å². The highest BCUT2D eigenvalue weighted by molar-refractivity contribution is 5.61. The zero-order valence-electron chi connectivity index (χ0n) is 13.7. The molecule has 1 saturated carbocycles. The molecule has 4 rings (SSSR count). The van der Waals surface area contributed by atoms with Crippen molar-refractivity contribution in [1.82, 2.24) is 14.9 Å². The molecule has 0 spiro atoms. The molecule has 2 fully saturated rings. The number of likely N-dealkylation sites (tertiary alicyclic amines) is 1. The van der Waals surface area contributed by atoms with E-state index < -0.39 is 0 Å². The molecular formula is C20H25N3. The monoisotopic (exact) mass is 307 g/mol. The van der Waals surface area contributed by atoms with Gasteiger partial charge in [-0.25, -0.2) is 9.97 Å². The van der Waals surface area contributed by atoms with Crippen LogP contribution in [0.3, 0.4) is 0 Å². The van der Waals surface area contributed by atoms with Gasteiger partial charge in [-0.2, -0.15) is 0 Å². The summed E-state index contributed by atoms with van der Waals surface area (Å²) in [7, 11) is 0. The van der Waals surface area contributed by atoms with Crippen LogP contribution in [-0.4, -0.2) is 28.0 Å². The predicted octanol–water partition coefficient (Wildman–Crippen LogP) is 4.16. The maximum Gasteiger partial charge on any atom is 0.115 e. The summed E-state index contributed by atoms with van der Waals surface area (Å²) in [5.41, 5.74) is 3.70. The summed E-state index contributed by atoms with van der Waals surface area (Å²) in [6.45, 7) is 3.67. The lowest BCUT2D eigenvalue weighted by molar-refractivity contribution is 0.0820. The Kier molecular flexibility index (Phi) is 4.38. The second-order valence-electron chi connectivity index (χ2n) is 7.15. The Morgan fingerprint density at radius 3 is 2.39 bits per heavy atom. The number of hydrogen-bond donors (Lipinski definition) is 0. The summed E-state index contributed by atoms with van der Waals surface area (Å²) >= 11 is 0. The molecule has 1 aliphatic carbocycles. The molecule has 2 heterocycles. The standard InChI is InChI=1S/C20H25N3/c1-2-4-19-14-23(10-9-17(19)3-1)13-16-5-7-18(8-6-16)20-11-21-15-22-12-20/h5-8,11-12,15,17,19H,1-4,9-10,13-14H2/t17-,19-/m0/s1. The third kappa shape index (κ3) is 3.45. The van der Waals surface area contributed by atoms with Gasteiger partial charge in [0.15, 0.2) is 0 Å². The van der Waals surface area contributed by atoms with Crippen LogP contribution < -0.4 is 0 Å². The fourth-order valence-corrected chi connectivity index (χ4v) is 4.33. The molecule has 0 unspecified atom stereocenters. The molecule has 1 aromatic carbocycles. The molecule has 2 aromatic rings. The molecule has 0 bridgehead atoms. The minimum absolute atomic E-state index is 0.957. The number of piperidine rings is 1. The van der Waals surface area contributed by atoms with Crippen molar-refractivity contribution in [2.45, 2.75) is 38.6 Å². The van der Waals surface area contributed by atoms with E-state index in [9.17, 15) is 0 Å². The first-order valence-corrected chi connectivity index (χ1v) is 8.95. The van der Waals surface area contributed by atoms with Gasteiger partial charge in [-0.3, -0.25) is 4.90 Å². The van der Waals surface area contributed by atoms with E-state index in [1.807, 2.05) is 12.4 Å². The van der Waals surface area contributed by atoms with Gasteiger partial charge in [0.05, 0.1) is 0 Å². The molecule has 1 aliphatic heterocycles. The number of hydrogen-bond acceptors (Lipinski definition) is 3. The van der Waals surface area contributed by atoms with Crippen molar-refractivity contribution in [2.24, 2.45) is 11.8 Å². The van der Waals surface area contributed by atoms with Crippen molar-refractivity contribution in [3.63, 3.8) is 0 Å². The third-order valence-corrected chi connectivity index (χ3v) is 5.63. The second kappa shape index (κ2) is 6.79. The van der Waals surface area contributed by atoms with E-state index in [-0.39, 0.29) is 0 Å². The van der Waals surface area contributed by atoms with Crippen LogP contribution in [0.4, 0.5) is 0 Å². The number of benzene rings is 1. The van der Waals surface area contributed by atoms with Gasteiger partial charge in [0, 0.05) is 31.0 Å². The van der Waals surface area contributed by atoms with E-state index in [0.29, 0.717) is 0 Å². The van der Waals surface area contributed by atoms with E-state index in [1.54, 1.807) is 6.33 Å². The highest BCUT2D eigenvalue weighted by atomic mass is 15.1. The summed E-state index contributed by atoms with van der Waals surface area (Å²) in [6, 6.07) is 8.91. The van der Waals surface area contributed by atoms with E-state index in [0.717, 1.165) is 23.9 Å². The molecule has 0 N–H and O–H groups in total. The lowest BCUT2D eigenvalue weighted by atomic mass is 9.75. The smallest absolute Gasteiger partial charge is 0.115 e. The lowest BCUT2D eigenvalue weighted by Crippen LogP contribution is -2.41. The quantitative estimate of drug-likeness (QED) is 0.853. The average Bonchev–Trinajstić information content (AvgIpc) is 2.63. The van der Waals surface area contributed by atoms with Crippen LogP contribution >= 0.6 is 0 Å². The fourth-order valence-electron chi connectivity index (χ4n) is 4.33. The van der Waals surface area contributed by atoms with Crippen LogP contribution in [0.1, 0.15) is 37.7 Å². The maximum atomic E-state index is 4.10. The molecular weight excluding hydrogens is 282 g/mol. The van der Waals surface area contributed by atoms with Crippen molar-refractivity contribution < 1.29 is 0 Å². The van der Waals surface area contributed by atoms with E-state index >= 15 is 0 Å². The van der Waals surface area contributed by atoms with E-state index in [4.69, 9.17) is 0 Å². The summed E-state index contributed by atoms with van der Waals surface area (Å²) in [6.07, 6.45) is 12.6. The SMILES string of the molecule is c1ncc(-c2ccc(CN3CC[C@@H]4CCCC[C@H]4C3)cc2)cn1. The van der Waals surface area contributed by atoms with Gasteiger partial charge in [-0.05, 0) is 42.3 Å². The van der Waals surface area contributed by atoms with Gasteiger partial charge in [0.1, 0.15) is 6.33 Å². The molecule has 2 atom stereocenters. The fraction of sp³-hybridized carbons (Fsp3) is 0.500. The molecule has 3 heteroatoms. The van der Waals surface area contributed by atoms with Crippen molar-refractivity contribution in [1.29, 1.82) is 0 Å². The summed E-state index contributed by atoms with van der Waals surface area (Å²) in [5, 5.41) is 0. The maximum absolute atomic E-state index is 4.10. The van der Waals surface area contributed by atoms with Crippen molar-refractivity contribution in [3.8, 4) is 11.1 Å².